The maximum Gasteiger partial charge on any atom is 0.246 e. The summed E-state index contributed by atoms with van der Waals surface area (Å²) in [7, 11) is 0. The van der Waals surface area contributed by atoms with E-state index in [1.165, 1.54) is 0 Å². The molecular formula is C11H14N4O2. The molecule has 2 rings (SSSR count). The van der Waals surface area contributed by atoms with Crippen LogP contribution in [0.5, 0.6) is 0 Å². The minimum atomic E-state index is -0.317. The summed E-state index contributed by atoms with van der Waals surface area (Å²) >= 11 is 0. The largest absolute Gasteiger partial charge is 0.338 e. The molecule has 1 atom stereocenters. The lowest BCUT2D eigenvalue weighted by Gasteiger charge is -2.28. The number of aromatic nitrogens is 1. The normalized spacial score (nSPS) is 17.9. The molecule has 0 bridgehead atoms. The SMILES string of the molecule is C[C@H](N)c1cccnc1N1CC(=O)NC(=O)C1. The predicted molar refractivity (Wildman–Crippen MR) is 62.2 cm³/mol. The van der Waals surface area contributed by atoms with Crippen molar-refractivity contribution in [2.45, 2.75) is 13.0 Å². The maximum atomic E-state index is 11.3. The molecule has 0 radical (unpaired) electrons. The Balaban J connectivity index is 2.33. The van der Waals surface area contributed by atoms with E-state index in [4.69, 9.17) is 5.73 Å². The van der Waals surface area contributed by atoms with Crippen LogP contribution in [0, 0.1) is 0 Å². The molecule has 90 valence electrons. The molecule has 3 N–H and O–H groups in total. The van der Waals surface area contributed by atoms with E-state index in [0.29, 0.717) is 5.82 Å². The highest BCUT2D eigenvalue weighted by Gasteiger charge is 2.25. The zero-order chi connectivity index (χ0) is 12.4. The zero-order valence-electron chi connectivity index (χ0n) is 9.51. The van der Waals surface area contributed by atoms with Gasteiger partial charge in [-0.1, -0.05) is 6.07 Å². The fraction of sp³-hybridized carbons (Fsp3) is 0.364. The van der Waals surface area contributed by atoms with Crippen molar-refractivity contribution in [3.8, 4) is 0 Å². The quantitative estimate of drug-likeness (QED) is 0.677. The lowest BCUT2D eigenvalue weighted by molar-refractivity contribution is -0.130. The third-order valence-corrected chi connectivity index (χ3v) is 2.55. The van der Waals surface area contributed by atoms with Crippen LogP contribution in [-0.2, 0) is 9.59 Å². The van der Waals surface area contributed by atoms with E-state index < -0.39 is 0 Å². The van der Waals surface area contributed by atoms with Gasteiger partial charge in [0.1, 0.15) is 5.82 Å². The van der Waals surface area contributed by atoms with Crippen molar-refractivity contribution in [2.75, 3.05) is 18.0 Å². The van der Waals surface area contributed by atoms with E-state index in [0.717, 1.165) is 5.56 Å². The van der Waals surface area contributed by atoms with Gasteiger partial charge in [-0.15, -0.1) is 0 Å². The number of anilines is 1. The van der Waals surface area contributed by atoms with Crippen molar-refractivity contribution in [3.05, 3.63) is 23.9 Å². The van der Waals surface area contributed by atoms with Crippen LogP contribution in [0.4, 0.5) is 5.82 Å². The van der Waals surface area contributed by atoms with Gasteiger partial charge in [0.2, 0.25) is 11.8 Å². The summed E-state index contributed by atoms with van der Waals surface area (Å²) < 4.78 is 0. The minimum Gasteiger partial charge on any atom is -0.338 e. The number of nitrogens with zero attached hydrogens (tertiary/aromatic N) is 2. The first kappa shape index (κ1) is 11.5. The van der Waals surface area contributed by atoms with Crippen LogP contribution in [0.1, 0.15) is 18.5 Å². The molecule has 0 unspecified atom stereocenters. The second kappa shape index (κ2) is 4.50. The maximum absolute atomic E-state index is 11.3. The molecule has 1 aromatic rings. The molecular weight excluding hydrogens is 220 g/mol. The highest BCUT2D eigenvalue weighted by Crippen LogP contribution is 2.22. The van der Waals surface area contributed by atoms with Crippen molar-refractivity contribution in [1.82, 2.24) is 10.3 Å². The number of nitrogens with one attached hydrogen (secondary N) is 1. The molecule has 1 aliphatic rings. The number of imide groups is 1. The Bertz CT molecular complexity index is 443. The molecule has 0 aliphatic carbocycles. The Morgan fingerprint density at radius 1 is 1.41 bits per heavy atom. The zero-order valence-corrected chi connectivity index (χ0v) is 9.51. The van der Waals surface area contributed by atoms with Gasteiger partial charge in [0.15, 0.2) is 0 Å². The number of carbonyl (C=O) groups excluding carboxylic acids is 2. The monoisotopic (exact) mass is 234 g/mol. The number of pyridine rings is 1. The summed E-state index contributed by atoms with van der Waals surface area (Å²) in [5, 5.41) is 2.25. The molecule has 1 fully saturated rings. The third-order valence-electron chi connectivity index (χ3n) is 2.55. The summed E-state index contributed by atoms with van der Waals surface area (Å²) in [6.07, 6.45) is 1.62. The molecule has 0 spiro atoms. The van der Waals surface area contributed by atoms with Gasteiger partial charge >= 0.3 is 0 Å². The van der Waals surface area contributed by atoms with Crippen molar-refractivity contribution >= 4 is 17.6 Å². The Morgan fingerprint density at radius 2 is 2.06 bits per heavy atom. The van der Waals surface area contributed by atoms with Gasteiger partial charge < -0.3 is 10.6 Å². The van der Waals surface area contributed by atoms with Gasteiger partial charge in [0.05, 0.1) is 13.1 Å². The number of hydrogen-bond donors (Lipinski definition) is 2. The number of rotatable bonds is 2. The summed E-state index contributed by atoms with van der Waals surface area (Å²) in [6, 6.07) is 3.44. The van der Waals surface area contributed by atoms with Gasteiger partial charge in [-0.25, -0.2) is 4.98 Å². The van der Waals surface area contributed by atoms with Gasteiger partial charge in [-0.3, -0.25) is 14.9 Å². The van der Waals surface area contributed by atoms with Crippen molar-refractivity contribution < 1.29 is 9.59 Å². The second-order valence-corrected chi connectivity index (χ2v) is 4.03. The van der Waals surface area contributed by atoms with Crippen LogP contribution >= 0.6 is 0 Å². The van der Waals surface area contributed by atoms with E-state index in [-0.39, 0.29) is 30.9 Å². The molecule has 2 amide bonds. The van der Waals surface area contributed by atoms with Gasteiger partial charge in [0, 0.05) is 17.8 Å². The minimum absolute atomic E-state index is 0.127. The van der Waals surface area contributed by atoms with Crippen LogP contribution in [0.3, 0.4) is 0 Å². The molecule has 1 aliphatic heterocycles. The van der Waals surface area contributed by atoms with Crippen molar-refractivity contribution in [3.63, 3.8) is 0 Å². The molecule has 6 heteroatoms. The highest BCUT2D eigenvalue weighted by molar-refractivity contribution is 6.02. The summed E-state index contributed by atoms with van der Waals surface area (Å²) in [5.41, 5.74) is 6.67. The average molecular weight is 234 g/mol. The first-order chi connectivity index (χ1) is 8.08. The molecule has 1 aromatic heterocycles. The molecule has 0 saturated carbocycles. The van der Waals surface area contributed by atoms with Crippen LogP contribution in [-0.4, -0.2) is 29.9 Å². The van der Waals surface area contributed by atoms with E-state index >= 15 is 0 Å². The number of piperazine rings is 1. The standard InChI is InChI=1S/C11H14N4O2/c1-7(12)8-3-2-4-13-11(8)15-5-9(16)14-10(17)6-15/h2-4,7H,5-6,12H2,1H3,(H,14,16,17)/t7-/m0/s1. The van der Waals surface area contributed by atoms with Crippen molar-refractivity contribution in [2.24, 2.45) is 5.73 Å². The van der Waals surface area contributed by atoms with E-state index in [1.54, 1.807) is 17.2 Å². The molecule has 1 saturated heterocycles. The molecule has 2 heterocycles. The second-order valence-electron chi connectivity index (χ2n) is 4.03. The summed E-state index contributed by atoms with van der Waals surface area (Å²) in [5.74, 6) is -0.0317. The van der Waals surface area contributed by atoms with E-state index in [9.17, 15) is 9.59 Å². The Labute approximate surface area is 98.8 Å². The average Bonchev–Trinajstić information content (AvgIpc) is 2.27. The summed E-state index contributed by atoms with van der Waals surface area (Å²) in [6.45, 7) is 2.09. The lowest BCUT2D eigenvalue weighted by Crippen LogP contribution is -2.52. The fourth-order valence-electron chi connectivity index (χ4n) is 1.82. The first-order valence-corrected chi connectivity index (χ1v) is 5.36. The van der Waals surface area contributed by atoms with Crippen LogP contribution in [0.15, 0.2) is 18.3 Å². The van der Waals surface area contributed by atoms with E-state index in [1.807, 2.05) is 13.0 Å². The number of nitrogens with two attached hydrogens (primary N) is 1. The predicted octanol–water partition coefficient (Wildman–Crippen LogP) is -0.436. The topological polar surface area (TPSA) is 88.3 Å². The highest BCUT2D eigenvalue weighted by atomic mass is 16.2. The summed E-state index contributed by atoms with van der Waals surface area (Å²) in [4.78, 5) is 28.5. The third kappa shape index (κ3) is 2.42. The van der Waals surface area contributed by atoms with Gasteiger partial charge in [0.25, 0.3) is 0 Å². The number of carbonyl (C=O) groups is 2. The lowest BCUT2D eigenvalue weighted by atomic mass is 10.1. The van der Waals surface area contributed by atoms with Gasteiger partial charge in [-0.05, 0) is 13.0 Å². The number of hydrogen-bond acceptors (Lipinski definition) is 5. The van der Waals surface area contributed by atoms with Crippen LogP contribution in [0.2, 0.25) is 0 Å². The fourth-order valence-corrected chi connectivity index (χ4v) is 1.82. The Hall–Kier alpha value is -1.95. The first-order valence-electron chi connectivity index (χ1n) is 5.36. The van der Waals surface area contributed by atoms with Crippen LogP contribution < -0.4 is 16.0 Å². The number of amides is 2. The van der Waals surface area contributed by atoms with E-state index in [2.05, 4.69) is 10.3 Å². The Kier molecular flexibility index (Phi) is 3.06. The van der Waals surface area contributed by atoms with Crippen molar-refractivity contribution in [1.29, 1.82) is 0 Å². The smallest absolute Gasteiger partial charge is 0.246 e. The molecule has 0 aromatic carbocycles. The molecule has 17 heavy (non-hydrogen) atoms. The molecule has 6 nitrogen and oxygen atoms in total. The van der Waals surface area contributed by atoms with Crippen LogP contribution in [0.25, 0.3) is 0 Å². The Morgan fingerprint density at radius 3 is 2.65 bits per heavy atom. The van der Waals surface area contributed by atoms with Gasteiger partial charge in [-0.2, -0.15) is 0 Å².